The molecule has 27 heavy (non-hydrogen) atoms. The van der Waals surface area contributed by atoms with Crippen LogP contribution >= 0.6 is 11.8 Å². The Labute approximate surface area is 165 Å². The molecule has 0 heterocycles. The molecule has 2 aromatic rings. The normalized spacial score (nSPS) is 22.4. The molecular formula is C22H27NO3S. The van der Waals surface area contributed by atoms with Crippen LogP contribution in [0.2, 0.25) is 0 Å². The van der Waals surface area contributed by atoms with Crippen LogP contribution in [0.1, 0.15) is 33.1 Å². The fourth-order valence-corrected chi connectivity index (χ4v) is 4.36. The highest BCUT2D eigenvalue weighted by Crippen LogP contribution is 2.29. The maximum atomic E-state index is 12.1. The first-order valence-electron chi connectivity index (χ1n) is 9.59. The van der Waals surface area contributed by atoms with Gasteiger partial charge < -0.3 is 10.1 Å². The number of nitrogens with one attached hydrogen (secondary N) is 1. The zero-order valence-electron chi connectivity index (χ0n) is 15.9. The van der Waals surface area contributed by atoms with E-state index in [1.165, 1.54) is 23.6 Å². The highest BCUT2D eigenvalue weighted by Gasteiger charge is 2.28. The average molecular weight is 386 g/mol. The van der Waals surface area contributed by atoms with Gasteiger partial charge in [0.15, 0.2) is 6.61 Å². The molecule has 0 unspecified atom stereocenters. The monoisotopic (exact) mass is 385 g/mol. The molecule has 0 spiro atoms. The number of esters is 1. The molecule has 0 aromatic heterocycles. The molecular weight excluding hydrogens is 358 g/mol. The molecule has 0 bridgehead atoms. The SMILES string of the molecule is C[C@@H]1[C@H](C)CCC[C@@H]1NC(=O)COC(=O)CSc1ccc2ccccc2c1. The summed E-state index contributed by atoms with van der Waals surface area (Å²) in [7, 11) is 0. The summed E-state index contributed by atoms with van der Waals surface area (Å²) < 4.78 is 5.14. The van der Waals surface area contributed by atoms with Gasteiger partial charge in [-0.05, 0) is 41.2 Å². The van der Waals surface area contributed by atoms with Crippen LogP contribution in [-0.4, -0.2) is 30.3 Å². The minimum Gasteiger partial charge on any atom is -0.455 e. The lowest BCUT2D eigenvalue weighted by Gasteiger charge is -2.34. The van der Waals surface area contributed by atoms with Gasteiger partial charge in [-0.3, -0.25) is 9.59 Å². The molecule has 0 saturated heterocycles. The molecule has 1 fully saturated rings. The van der Waals surface area contributed by atoms with E-state index in [1.54, 1.807) is 0 Å². The highest BCUT2D eigenvalue weighted by atomic mass is 32.2. The number of hydrogen-bond acceptors (Lipinski definition) is 4. The van der Waals surface area contributed by atoms with Crippen molar-refractivity contribution in [3.63, 3.8) is 0 Å². The standard InChI is InChI=1S/C22H27NO3S/c1-15-6-5-9-20(16(15)2)23-21(24)13-26-22(25)14-27-19-11-10-17-7-3-4-8-18(17)12-19/h3-4,7-8,10-12,15-16,20H,5-6,9,13-14H2,1-2H3,(H,23,24)/t15-,16-,20+/m1/s1. The number of benzene rings is 2. The Morgan fingerprint density at radius 1 is 1.11 bits per heavy atom. The second-order valence-electron chi connectivity index (χ2n) is 7.40. The van der Waals surface area contributed by atoms with E-state index in [9.17, 15) is 9.59 Å². The van der Waals surface area contributed by atoms with Gasteiger partial charge in [0.25, 0.3) is 5.91 Å². The van der Waals surface area contributed by atoms with Gasteiger partial charge in [0.05, 0.1) is 5.75 Å². The number of hydrogen-bond donors (Lipinski definition) is 1. The predicted molar refractivity (Wildman–Crippen MR) is 110 cm³/mol. The summed E-state index contributed by atoms with van der Waals surface area (Å²) in [6.07, 6.45) is 3.36. The molecule has 3 rings (SSSR count). The van der Waals surface area contributed by atoms with E-state index < -0.39 is 0 Å². The number of rotatable bonds is 6. The first-order valence-corrected chi connectivity index (χ1v) is 10.6. The summed E-state index contributed by atoms with van der Waals surface area (Å²) in [5.41, 5.74) is 0. The van der Waals surface area contributed by atoms with Crippen LogP contribution in [0.25, 0.3) is 10.8 Å². The van der Waals surface area contributed by atoms with Gasteiger partial charge in [0, 0.05) is 10.9 Å². The number of carbonyl (C=O) groups excluding carboxylic acids is 2. The van der Waals surface area contributed by atoms with E-state index in [0.717, 1.165) is 23.1 Å². The lowest BCUT2D eigenvalue weighted by Crippen LogP contribution is -2.45. The van der Waals surface area contributed by atoms with Crippen molar-refractivity contribution >= 4 is 34.4 Å². The topological polar surface area (TPSA) is 55.4 Å². The Hall–Kier alpha value is -2.01. The van der Waals surface area contributed by atoms with E-state index in [2.05, 4.69) is 37.4 Å². The Kier molecular flexibility index (Phi) is 6.78. The molecule has 0 radical (unpaired) electrons. The fourth-order valence-electron chi connectivity index (χ4n) is 3.62. The largest absolute Gasteiger partial charge is 0.455 e. The molecule has 1 N–H and O–H groups in total. The second-order valence-corrected chi connectivity index (χ2v) is 8.45. The Morgan fingerprint density at radius 2 is 1.89 bits per heavy atom. The van der Waals surface area contributed by atoms with Crippen molar-refractivity contribution in [2.45, 2.75) is 44.0 Å². The molecule has 5 heteroatoms. The molecule has 1 aliphatic rings. The molecule has 0 aliphatic heterocycles. The van der Waals surface area contributed by atoms with Crippen LogP contribution in [0.4, 0.5) is 0 Å². The van der Waals surface area contributed by atoms with E-state index >= 15 is 0 Å². The maximum absolute atomic E-state index is 12.1. The number of carbonyl (C=O) groups is 2. The molecule has 144 valence electrons. The highest BCUT2D eigenvalue weighted by molar-refractivity contribution is 8.00. The lowest BCUT2D eigenvalue weighted by molar-refractivity contribution is -0.146. The molecule has 4 nitrogen and oxygen atoms in total. The average Bonchev–Trinajstić information content (AvgIpc) is 2.68. The minimum atomic E-state index is -0.367. The molecule has 1 aliphatic carbocycles. The minimum absolute atomic E-state index is 0.187. The van der Waals surface area contributed by atoms with Crippen molar-refractivity contribution in [1.29, 1.82) is 0 Å². The molecule has 1 amide bonds. The van der Waals surface area contributed by atoms with Crippen molar-refractivity contribution in [3.05, 3.63) is 42.5 Å². The third-order valence-corrected chi connectivity index (χ3v) is 6.46. The predicted octanol–water partition coefficient (Wildman–Crippen LogP) is 4.42. The van der Waals surface area contributed by atoms with Gasteiger partial charge in [-0.2, -0.15) is 0 Å². The Balaban J connectivity index is 1.41. The Bertz CT molecular complexity index is 807. The van der Waals surface area contributed by atoms with E-state index in [4.69, 9.17) is 4.74 Å². The van der Waals surface area contributed by atoms with Crippen molar-refractivity contribution in [3.8, 4) is 0 Å². The van der Waals surface area contributed by atoms with Gasteiger partial charge >= 0.3 is 5.97 Å². The number of thioether (sulfide) groups is 1. The van der Waals surface area contributed by atoms with Gasteiger partial charge in [-0.1, -0.05) is 57.0 Å². The van der Waals surface area contributed by atoms with Crippen LogP contribution in [0, 0.1) is 11.8 Å². The summed E-state index contributed by atoms with van der Waals surface area (Å²) >= 11 is 1.43. The number of amides is 1. The smallest absolute Gasteiger partial charge is 0.316 e. The van der Waals surface area contributed by atoms with Gasteiger partial charge in [-0.15, -0.1) is 11.8 Å². The first-order chi connectivity index (χ1) is 13.0. The zero-order chi connectivity index (χ0) is 19.2. The zero-order valence-corrected chi connectivity index (χ0v) is 16.8. The third kappa shape index (κ3) is 5.48. The summed E-state index contributed by atoms with van der Waals surface area (Å²) in [6.45, 7) is 4.21. The molecule has 3 atom stereocenters. The van der Waals surface area contributed by atoms with Crippen LogP contribution in [0.15, 0.2) is 47.4 Å². The van der Waals surface area contributed by atoms with Crippen LogP contribution in [0.5, 0.6) is 0 Å². The maximum Gasteiger partial charge on any atom is 0.316 e. The van der Waals surface area contributed by atoms with Crippen molar-refractivity contribution in [1.82, 2.24) is 5.32 Å². The summed E-state index contributed by atoms with van der Waals surface area (Å²) in [5, 5.41) is 5.34. The first kappa shape index (κ1) is 19.7. The summed E-state index contributed by atoms with van der Waals surface area (Å²) in [6, 6.07) is 14.4. The van der Waals surface area contributed by atoms with Crippen LogP contribution in [0.3, 0.4) is 0 Å². The van der Waals surface area contributed by atoms with Gasteiger partial charge in [-0.25, -0.2) is 0 Å². The van der Waals surface area contributed by atoms with Crippen LogP contribution in [-0.2, 0) is 14.3 Å². The van der Waals surface area contributed by atoms with Gasteiger partial charge in [0.1, 0.15) is 0 Å². The van der Waals surface area contributed by atoms with Crippen molar-refractivity contribution in [2.24, 2.45) is 11.8 Å². The molecule has 1 saturated carbocycles. The number of ether oxygens (including phenoxy) is 1. The van der Waals surface area contributed by atoms with E-state index in [0.29, 0.717) is 11.8 Å². The van der Waals surface area contributed by atoms with E-state index in [1.807, 2.05) is 24.3 Å². The van der Waals surface area contributed by atoms with Crippen molar-refractivity contribution in [2.75, 3.05) is 12.4 Å². The second kappa shape index (κ2) is 9.27. The third-order valence-electron chi connectivity index (χ3n) is 5.50. The molecule has 2 aromatic carbocycles. The van der Waals surface area contributed by atoms with Crippen LogP contribution < -0.4 is 5.32 Å². The van der Waals surface area contributed by atoms with Crippen molar-refractivity contribution < 1.29 is 14.3 Å². The Morgan fingerprint density at radius 3 is 2.70 bits per heavy atom. The van der Waals surface area contributed by atoms with E-state index in [-0.39, 0.29) is 30.3 Å². The number of fused-ring (bicyclic) bond motifs is 1. The summed E-state index contributed by atoms with van der Waals surface area (Å²) in [4.78, 5) is 25.1. The summed E-state index contributed by atoms with van der Waals surface area (Å²) in [5.74, 6) is 0.702. The fraction of sp³-hybridized carbons (Fsp3) is 0.455. The lowest BCUT2D eigenvalue weighted by atomic mass is 9.78. The quantitative estimate of drug-likeness (QED) is 0.591. The van der Waals surface area contributed by atoms with Gasteiger partial charge in [0.2, 0.25) is 0 Å².